The van der Waals surface area contributed by atoms with Crippen LogP contribution in [0.3, 0.4) is 0 Å². The van der Waals surface area contributed by atoms with Crippen molar-refractivity contribution in [3.8, 4) is 0 Å². The van der Waals surface area contributed by atoms with Gasteiger partial charge in [-0.15, -0.1) is 0 Å². The normalized spacial score (nSPS) is 12.1. The van der Waals surface area contributed by atoms with Crippen molar-refractivity contribution in [2.45, 2.75) is 46.6 Å². The van der Waals surface area contributed by atoms with Crippen molar-refractivity contribution in [3.63, 3.8) is 0 Å². The van der Waals surface area contributed by atoms with E-state index >= 15 is 0 Å². The van der Waals surface area contributed by atoms with Crippen LogP contribution in [0.5, 0.6) is 0 Å². The maximum atomic E-state index is 12.3. The zero-order valence-corrected chi connectivity index (χ0v) is 13.9. The lowest BCUT2D eigenvalue weighted by Crippen LogP contribution is -2.41. The van der Waals surface area contributed by atoms with Crippen LogP contribution in [0.25, 0.3) is 0 Å². The van der Waals surface area contributed by atoms with Crippen LogP contribution in [0.1, 0.15) is 46.1 Å². The van der Waals surface area contributed by atoms with Crippen molar-refractivity contribution in [2.24, 2.45) is 0 Å². The first kappa shape index (κ1) is 17.2. The Labute approximate surface area is 127 Å². The quantitative estimate of drug-likeness (QED) is 0.807. The van der Waals surface area contributed by atoms with Gasteiger partial charge in [0.1, 0.15) is 24.0 Å². The Morgan fingerprint density at radius 2 is 1.76 bits per heavy atom. The molecule has 0 aliphatic rings. The number of nitrogens with one attached hydrogen (secondary N) is 2. The number of hydrogen-bond acceptors (Lipinski definition) is 5. The Balaban J connectivity index is 3.00. The molecule has 0 aliphatic heterocycles. The monoisotopic (exact) mass is 293 g/mol. The summed E-state index contributed by atoms with van der Waals surface area (Å²) in [6.45, 7) is 11.4. The number of nitrogens with zero attached hydrogens (tertiary/aromatic N) is 3. The molecule has 0 aliphatic carbocycles. The Hall–Kier alpha value is -1.85. The van der Waals surface area contributed by atoms with E-state index in [1.807, 2.05) is 32.7 Å². The summed E-state index contributed by atoms with van der Waals surface area (Å²) in [4.78, 5) is 22.7. The molecule has 1 rings (SSSR count). The molecule has 1 amide bonds. The molecule has 0 saturated heterocycles. The number of anilines is 2. The van der Waals surface area contributed by atoms with Gasteiger partial charge in [0.15, 0.2) is 0 Å². The van der Waals surface area contributed by atoms with Crippen LogP contribution in [0, 0.1) is 0 Å². The molecule has 6 heteroatoms. The van der Waals surface area contributed by atoms with Crippen LogP contribution in [0.2, 0.25) is 0 Å². The Bertz CT molecular complexity index is 471. The van der Waals surface area contributed by atoms with Crippen LogP contribution in [0.4, 0.5) is 11.6 Å². The molecule has 0 radical (unpaired) electrons. The maximum Gasteiger partial charge on any atom is 0.244 e. The smallest absolute Gasteiger partial charge is 0.244 e. The Kier molecular flexibility index (Phi) is 6.39. The summed E-state index contributed by atoms with van der Waals surface area (Å²) in [5, 5.41) is 6.31. The van der Waals surface area contributed by atoms with E-state index in [1.54, 1.807) is 0 Å². The lowest BCUT2D eigenvalue weighted by Gasteiger charge is -2.25. The second-order valence-electron chi connectivity index (χ2n) is 5.27. The van der Waals surface area contributed by atoms with Crippen molar-refractivity contribution in [2.75, 3.05) is 30.8 Å². The molecule has 21 heavy (non-hydrogen) atoms. The van der Waals surface area contributed by atoms with E-state index in [0.717, 1.165) is 17.2 Å². The van der Waals surface area contributed by atoms with E-state index in [0.29, 0.717) is 13.1 Å². The largest absolute Gasteiger partial charge is 0.373 e. The molecule has 0 fully saturated rings. The first-order chi connectivity index (χ1) is 9.96. The second kappa shape index (κ2) is 7.81. The minimum atomic E-state index is -0.318. The summed E-state index contributed by atoms with van der Waals surface area (Å²) in [6, 6.07) is -0.318. The average molecular weight is 293 g/mol. The number of carbonyl (C=O) groups is 1. The van der Waals surface area contributed by atoms with Crippen molar-refractivity contribution in [1.82, 2.24) is 14.9 Å². The molecule has 0 bridgehead atoms. The molecular formula is C15H27N5O. The molecule has 1 unspecified atom stereocenters. The summed E-state index contributed by atoms with van der Waals surface area (Å²) < 4.78 is 0. The van der Waals surface area contributed by atoms with Gasteiger partial charge in [-0.25, -0.2) is 9.97 Å². The summed E-state index contributed by atoms with van der Waals surface area (Å²) in [5.41, 5.74) is 0.999. The van der Waals surface area contributed by atoms with Crippen molar-refractivity contribution in [1.29, 1.82) is 0 Å². The van der Waals surface area contributed by atoms with Gasteiger partial charge in [0.25, 0.3) is 0 Å². The summed E-state index contributed by atoms with van der Waals surface area (Å²) in [6.07, 6.45) is 1.51. The number of likely N-dealkylation sites (N-methyl/N-ethyl adjacent to an activating group) is 1. The van der Waals surface area contributed by atoms with Gasteiger partial charge in [-0.3, -0.25) is 4.79 Å². The third kappa shape index (κ3) is 4.06. The topological polar surface area (TPSA) is 70.2 Å². The Morgan fingerprint density at radius 3 is 2.24 bits per heavy atom. The predicted octanol–water partition coefficient (Wildman–Crippen LogP) is 2.31. The molecule has 118 valence electrons. The molecular weight excluding hydrogens is 266 g/mol. The fourth-order valence-electron chi connectivity index (χ4n) is 2.33. The van der Waals surface area contributed by atoms with Crippen molar-refractivity contribution < 1.29 is 4.79 Å². The van der Waals surface area contributed by atoms with Gasteiger partial charge in [0.05, 0.1) is 0 Å². The summed E-state index contributed by atoms with van der Waals surface area (Å²) >= 11 is 0. The lowest BCUT2D eigenvalue weighted by atomic mass is 10.0. The van der Waals surface area contributed by atoms with Gasteiger partial charge < -0.3 is 15.5 Å². The van der Waals surface area contributed by atoms with Crippen LogP contribution < -0.4 is 10.6 Å². The van der Waals surface area contributed by atoms with Gasteiger partial charge in [-0.1, -0.05) is 13.8 Å². The first-order valence-corrected chi connectivity index (χ1v) is 7.54. The maximum absolute atomic E-state index is 12.3. The highest BCUT2D eigenvalue weighted by molar-refractivity contribution is 5.84. The van der Waals surface area contributed by atoms with E-state index in [9.17, 15) is 4.79 Å². The third-order valence-electron chi connectivity index (χ3n) is 3.50. The molecule has 0 spiro atoms. The average Bonchev–Trinajstić information content (AvgIpc) is 2.47. The zero-order chi connectivity index (χ0) is 16.0. The number of rotatable bonds is 7. The van der Waals surface area contributed by atoms with E-state index in [2.05, 4.69) is 34.4 Å². The molecule has 2 N–H and O–H groups in total. The summed E-state index contributed by atoms with van der Waals surface area (Å²) in [5.74, 6) is 1.86. The molecule has 0 aromatic carbocycles. The third-order valence-corrected chi connectivity index (χ3v) is 3.50. The van der Waals surface area contributed by atoms with Gasteiger partial charge >= 0.3 is 0 Å². The van der Waals surface area contributed by atoms with E-state index in [-0.39, 0.29) is 17.9 Å². The minimum Gasteiger partial charge on any atom is -0.373 e. The van der Waals surface area contributed by atoms with Gasteiger partial charge in [-0.2, -0.15) is 0 Å². The van der Waals surface area contributed by atoms with E-state index in [4.69, 9.17) is 0 Å². The van der Waals surface area contributed by atoms with Gasteiger partial charge in [-0.05, 0) is 26.7 Å². The second-order valence-corrected chi connectivity index (χ2v) is 5.27. The molecule has 1 atom stereocenters. The van der Waals surface area contributed by atoms with E-state index in [1.165, 1.54) is 6.33 Å². The molecule has 1 heterocycles. The number of amides is 1. The van der Waals surface area contributed by atoms with E-state index < -0.39 is 0 Å². The highest BCUT2D eigenvalue weighted by Gasteiger charge is 2.21. The standard InChI is InChI=1S/C15H27N5O/c1-7-20(8-2)15(21)11(5)19-14-12(10(3)4)13(16-6)17-9-18-14/h9-11H,7-8H2,1-6H3,(H2,16,17,18,19). The number of aromatic nitrogens is 2. The zero-order valence-electron chi connectivity index (χ0n) is 13.9. The molecule has 1 aromatic heterocycles. The molecule has 1 aromatic rings. The highest BCUT2D eigenvalue weighted by atomic mass is 16.2. The first-order valence-electron chi connectivity index (χ1n) is 7.54. The number of hydrogen-bond donors (Lipinski definition) is 2. The lowest BCUT2D eigenvalue weighted by molar-refractivity contribution is -0.131. The van der Waals surface area contributed by atoms with Crippen molar-refractivity contribution >= 4 is 17.5 Å². The minimum absolute atomic E-state index is 0.0827. The van der Waals surface area contributed by atoms with Crippen LogP contribution in [0.15, 0.2) is 6.33 Å². The SMILES string of the molecule is CCN(CC)C(=O)C(C)Nc1ncnc(NC)c1C(C)C. The predicted molar refractivity (Wildman–Crippen MR) is 86.7 cm³/mol. The van der Waals surface area contributed by atoms with Crippen LogP contribution in [-0.2, 0) is 4.79 Å². The fraction of sp³-hybridized carbons (Fsp3) is 0.667. The molecule has 6 nitrogen and oxygen atoms in total. The summed E-state index contributed by atoms with van der Waals surface area (Å²) in [7, 11) is 1.84. The highest BCUT2D eigenvalue weighted by Crippen LogP contribution is 2.28. The fourth-order valence-corrected chi connectivity index (χ4v) is 2.33. The van der Waals surface area contributed by atoms with Crippen LogP contribution >= 0.6 is 0 Å². The Morgan fingerprint density at radius 1 is 1.19 bits per heavy atom. The van der Waals surface area contributed by atoms with Crippen molar-refractivity contribution in [3.05, 3.63) is 11.9 Å². The van der Waals surface area contributed by atoms with Gasteiger partial charge in [0, 0.05) is 25.7 Å². The number of carbonyl (C=O) groups excluding carboxylic acids is 1. The molecule has 0 saturated carbocycles. The van der Waals surface area contributed by atoms with Gasteiger partial charge in [0.2, 0.25) is 5.91 Å². The van der Waals surface area contributed by atoms with Crippen LogP contribution in [-0.4, -0.2) is 47.0 Å².